The lowest BCUT2D eigenvalue weighted by atomic mass is 10.00. The molecule has 1 aromatic carbocycles. The van der Waals surface area contributed by atoms with Gasteiger partial charge in [0.25, 0.3) is 0 Å². The van der Waals surface area contributed by atoms with E-state index in [1.165, 1.54) is 0 Å². The molecule has 0 amide bonds. The predicted octanol–water partition coefficient (Wildman–Crippen LogP) is 2.68. The number of rotatable bonds is 5. The van der Waals surface area contributed by atoms with Crippen molar-refractivity contribution in [1.29, 1.82) is 0 Å². The molecule has 1 aromatic heterocycles. The molecule has 0 bridgehead atoms. The third-order valence-corrected chi connectivity index (χ3v) is 3.40. The lowest BCUT2D eigenvalue weighted by Gasteiger charge is -2.27. The van der Waals surface area contributed by atoms with Gasteiger partial charge in [-0.15, -0.1) is 0 Å². The molecule has 0 radical (unpaired) electrons. The first-order valence-electron chi connectivity index (χ1n) is 5.99. The van der Waals surface area contributed by atoms with E-state index in [1.54, 1.807) is 6.26 Å². The minimum Gasteiger partial charge on any atom is -0.464 e. The average Bonchev–Trinajstić information content (AvgIpc) is 2.79. The number of aliphatic hydroxyl groups is 1. The van der Waals surface area contributed by atoms with Crippen molar-refractivity contribution in [3.05, 3.63) is 36.1 Å². The molecule has 0 aliphatic heterocycles. The van der Waals surface area contributed by atoms with Crippen molar-refractivity contribution in [2.24, 2.45) is 0 Å². The number of hydrogen-bond donors (Lipinski definition) is 2. The minimum atomic E-state index is -0.224. The predicted molar refractivity (Wildman–Crippen MR) is 68.8 cm³/mol. The zero-order valence-electron chi connectivity index (χ0n) is 10.4. The van der Waals surface area contributed by atoms with Crippen molar-refractivity contribution in [3.63, 3.8) is 0 Å². The molecule has 0 spiro atoms. The molecule has 0 fully saturated rings. The van der Waals surface area contributed by atoms with Gasteiger partial charge in [-0.1, -0.05) is 25.1 Å². The van der Waals surface area contributed by atoms with Crippen LogP contribution in [0.4, 0.5) is 0 Å². The molecule has 17 heavy (non-hydrogen) atoms. The summed E-state index contributed by atoms with van der Waals surface area (Å²) in [6, 6.07) is 7.99. The zero-order chi connectivity index (χ0) is 12.3. The molecule has 3 heteroatoms. The highest BCUT2D eigenvalue weighted by Crippen LogP contribution is 2.21. The summed E-state index contributed by atoms with van der Waals surface area (Å²) in [6.45, 7) is 4.94. The fraction of sp³-hybridized carbons (Fsp3) is 0.429. The van der Waals surface area contributed by atoms with Gasteiger partial charge in [-0.25, -0.2) is 0 Å². The third kappa shape index (κ3) is 2.51. The molecule has 2 rings (SSSR count). The maximum absolute atomic E-state index is 9.34. The first-order chi connectivity index (χ1) is 8.18. The second kappa shape index (κ2) is 4.90. The Hall–Kier alpha value is -1.32. The highest BCUT2D eigenvalue weighted by atomic mass is 16.3. The van der Waals surface area contributed by atoms with Gasteiger partial charge in [0, 0.05) is 23.0 Å². The van der Waals surface area contributed by atoms with Gasteiger partial charge in [0.05, 0.1) is 12.9 Å². The van der Waals surface area contributed by atoms with E-state index in [9.17, 15) is 5.11 Å². The normalized spacial score (nSPS) is 15.0. The number of fused-ring (bicyclic) bond motifs is 1. The van der Waals surface area contributed by atoms with Crippen molar-refractivity contribution < 1.29 is 9.52 Å². The summed E-state index contributed by atoms with van der Waals surface area (Å²) >= 11 is 0. The molecule has 92 valence electrons. The Labute approximate surface area is 101 Å². The van der Waals surface area contributed by atoms with Crippen LogP contribution >= 0.6 is 0 Å². The van der Waals surface area contributed by atoms with Crippen LogP contribution in [0.1, 0.15) is 25.8 Å². The van der Waals surface area contributed by atoms with Crippen molar-refractivity contribution in [3.8, 4) is 0 Å². The summed E-state index contributed by atoms with van der Waals surface area (Å²) in [4.78, 5) is 0. The Morgan fingerprint density at radius 1 is 1.35 bits per heavy atom. The fourth-order valence-corrected chi connectivity index (χ4v) is 1.77. The van der Waals surface area contributed by atoms with Crippen LogP contribution in [0.15, 0.2) is 34.9 Å². The topological polar surface area (TPSA) is 45.4 Å². The van der Waals surface area contributed by atoms with Gasteiger partial charge in [0.15, 0.2) is 0 Å². The van der Waals surface area contributed by atoms with E-state index >= 15 is 0 Å². The SMILES string of the molecule is CCC(C)(CO)NCc1coc2ccccc12. The molecule has 0 aliphatic rings. The smallest absolute Gasteiger partial charge is 0.134 e. The van der Waals surface area contributed by atoms with Crippen molar-refractivity contribution in [1.82, 2.24) is 5.32 Å². The number of hydrogen-bond acceptors (Lipinski definition) is 3. The van der Waals surface area contributed by atoms with E-state index in [-0.39, 0.29) is 12.1 Å². The molecule has 2 N–H and O–H groups in total. The van der Waals surface area contributed by atoms with Gasteiger partial charge in [-0.05, 0) is 19.4 Å². The number of benzene rings is 1. The number of nitrogens with one attached hydrogen (secondary N) is 1. The third-order valence-electron chi connectivity index (χ3n) is 3.40. The Bertz CT molecular complexity index is 486. The maximum atomic E-state index is 9.34. The van der Waals surface area contributed by atoms with Gasteiger partial charge in [0.2, 0.25) is 0 Å². The number of furan rings is 1. The average molecular weight is 233 g/mol. The summed E-state index contributed by atoms with van der Waals surface area (Å²) in [6.07, 6.45) is 2.67. The minimum absolute atomic E-state index is 0.138. The van der Waals surface area contributed by atoms with Crippen LogP contribution in [0.2, 0.25) is 0 Å². The standard InChI is InChI=1S/C14H19NO2/c1-3-14(2,10-16)15-8-11-9-17-13-7-5-4-6-12(11)13/h4-7,9,15-16H,3,8,10H2,1-2H3. The highest BCUT2D eigenvalue weighted by Gasteiger charge is 2.20. The summed E-state index contributed by atoms with van der Waals surface area (Å²) in [7, 11) is 0. The van der Waals surface area contributed by atoms with Crippen molar-refractivity contribution in [2.75, 3.05) is 6.61 Å². The summed E-state index contributed by atoms with van der Waals surface area (Å²) in [5.74, 6) is 0. The van der Waals surface area contributed by atoms with Crippen molar-refractivity contribution in [2.45, 2.75) is 32.4 Å². The molecule has 0 aliphatic carbocycles. The Kier molecular flexibility index (Phi) is 3.50. The number of para-hydroxylation sites is 1. The summed E-state index contributed by atoms with van der Waals surface area (Å²) < 4.78 is 5.48. The van der Waals surface area contributed by atoms with Crippen LogP contribution in [0, 0.1) is 0 Å². The van der Waals surface area contributed by atoms with Gasteiger partial charge < -0.3 is 14.8 Å². The molecule has 2 aromatic rings. The van der Waals surface area contributed by atoms with Crippen molar-refractivity contribution >= 4 is 11.0 Å². The molecule has 3 nitrogen and oxygen atoms in total. The van der Waals surface area contributed by atoms with E-state index < -0.39 is 0 Å². The van der Waals surface area contributed by atoms with E-state index in [0.717, 1.165) is 23.0 Å². The monoisotopic (exact) mass is 233 g/mol. The van der Waals surface area contributed by atoms with E-state index in [1.807, 2.05) is 25.1 Å². The van der Waals surface area contributed by atoms with Crippen LogP contribution < -0.4 is 5.32 Å². The highest BCUT2D eigenvalue weighted by molar-refractivity contribution is 5.80. The number of aliphatic hydroxyl groups excluding tert-OH is 1. The second-order valence-electron chi connectivity index (χ2n) is 4.68. The Morgan fingerprint density at radius 2 is 2.12 bits per heavy atom. The quantitative estimate of drug-likeness (QED) is 0.834. The first-order valence-corrected chi connectivity index (χ1v) is 5.99. The second-order valence-corrected chi connectivity index (χ2v) is 4.68. The summed E-state index contributed by atoms with van der Waals surface area (Å²) in [5.41, 5.74) is 1.82. The molecule has 1 heterocycles. The van der Waals surface area contributed by atoms with Crippen LogP contribution in [0.5, 0.6) is 0 Å². The molecule has 1 atom stereocenters. The molecule has 1 unspecified atom stereocenters. The van der Waals surface area contributed by atoms with Gasteiger partial charge in [0.1, 0.15) is 5.58 Å². The molecular formula is C14H19NO2. The van der Waals surface area contributed by atoms with Crippen LogP contribution in [-0.2, 0) is 6.54 Å². The molecule has 0 saturated carbocycles. The largest absolute Gasteiger partial charge is 0.464 e. The van der Waals surface area contributed by atoms with Crippen LogP contribution in [0.25, 0.3) is 11.0 Å². The lowest BCUT2D eigenvalue weighted by Crippen LogP contribution is -2.44. The molecule has 0 saturated heterocycles. The van der Waals surface area contributed by atoms with Gasteiger partial charge in [-0.3, -0.25) is 0 Å². The first kappa shape index (κ1) is 12.1. The van der Waals surface area contributed by atoms with Gasteiger partial charge in [-0.2, -0.15) is 0 Å². The fourth-order valence-electron chi connectivity index (χ4n) is 1.77. The van der Waals surface area contributed by atoms with E-state index in [2.05, 4.69) is 18.3 Å². The van der Waals surface area contributed by atoms with Gasteiger partial charge >= 0.3 is 0 Å². The Morgan fingerprint density at radius 3 is 2.82 bits per heavy atom. The summed E-state index contributed by atoms with van der Waals surface area (Å²) in [5, 5.41) is 13.9. The van der Waals surface area contributed by atoms with E-state index in [0.29, 0.717) is 6.54 Å². The van der Waals surface area contributed by atoms with E-state index in [4.69, 9.17) is 4.42 Å². The molecular weight excluding hydrogens is 214 g/mol. The zero-order valence-corrected chi connectivity index (χ0v) is 10.4. The van der Waals surface area contributed by atoms with Crippen LogP contribution in [0.3, 0.4) is 0 Å². The lowest BCUT2D eigenvalue weighted by molar-refractivity contribution is 0.169. The van der Waals surface area contributed by atoms with Crippen LogP contribution in [-0.4, -0.2) is 17.3 Å². The Balaban J connectivity index is 2.14. The maximum Gasteiger partial charge on any atom is 0.134 e.